The third-order valence-electron chi connectivity index (χ3n) is 5.88. The molecule has 0 amide bonds. The minimum Gasteiger partial charge on any atom is -0.381 e. The summed E-state index contributed by atoms with van der Waals surface area (Å²) in [5.41, 5.74) is 0.0514. The number of rotatable bonds is 8. The van der Waals surface area contributed by atoms with Crippen LogP contribution in [0.1, 0.15) is 26.7 Å². The second-order valence-corrected chi connectivity index (χ2v) is 10.3. The number of ether oxygens (including phenoxy) is 2. The van der Waals surface area contributed by atoms with Gasteiger partial charge in [-0.2, -0.15) is 4.31 Å². The van der Waals surface area contributed by atoms with E-state index >= 15 is 0 Å². The number of likely N-dealkylation sites (N-methyl/N-ethyl adjacent to an activating group) is 1. The van der Waals surface area contributed by atoms with Crippen molar-refractivity contribution in [2.75, 3.05) is 79.4 Å². The maximum atomic E-state index is 12.5. The Morgan fingerprint density at radius 1 is 1.20 bits per heavy atom. The number of guanidine groups is 1. The average Bonchev–Trinajstić information content (AvgIpc) is 2.69. The molecule has 2 aliphatic rings. The quantitative estimate of drug-likeness (QED) is 0.265. The summed E-state index contributed by atoms with van der Waals surface area (Å²) >= 11 is 0. The van der Waals surface area contributed by atoms with Crippen LogP contribution in [0.25, 0.3) is 0 Å². The van der Waals surface area contributed by atoms with E-state index in [1.807, 2.05) is 13.8 Å². The number of piperazine rings is 1. The summed E-state index contributed by atoms with van der Waals surface area (Å²) < 4.78 is 37.6. The largest absolute Gasteiger partial charge is 0.381 e. The normalized spacial score (nSPS) is 21.0. The van der Waals surface area contributed by atoms with E-state index in [1.54, 1.807) is 11.4 Å². The fraction of sp³-hybridized carbons (Fsp3) is 0.947. The molecule has 0 atom stereocenters. The summed E-state index contributed by atoms with van der Waals surface area (Å²) in [6, 6.07) is 0. The molecule has 0 aromatic heterocycles. The molecule has 178 valence electrons. The molecule has 0 unspecified atom stereocenters. The van der Waals surface area contributed by atoms with Crippen LogP contribution in [-0.2, 0) is 19.5 Å². The molecule has 0 radical (unpaired) electrons. The van der Waals surface area contributed by atoms with E-state index in [4.69, 9.17) is 9.47 Å². The molecule has 11 heteroatoms. The third kappa shape index (κ3) is 7.73. The number of nitrogens with one attached hydrogen (secondary N) is 1. The maximum Gasteiger partial charge on any atom is 0.216 e. The molecular formula is C19H40IN5O4S. The molecule has 0 aromatic carbocycles. The van der Waals surface area contributed by atoms with Crippen LogP contribution in [0.2, 0.25) is 0 Å². The van der Waals surface area contributed by atoms with E-state index in [-0.39, 0.29) is 48.0 Å². The number of sulfonamides is 1. The Labute approximate surface area is 199 Å². The molecule has 0 spiro atoms. The fourth-order valence-corrected chi connectivity index (χ4v) is 5.09. The van der Waals surface area contributed by atoms with E-state index in [0.29, 0.717) is 26.2 Å². The molecule has 2 rings (SSSR count). The van der Waals surface area contributed by atoms with Crippen molar-refractivity contribution in [3.8, 4) is 0 Å². The molecule has 0 saturated carbocycles. The van der Waals surface area contributed by atoms with Gasteiger partial charge < -0.3 is 24.6 Å². The first kappa shape index (κ1) is 27.8. The van der Waals surface area contributed by atoms with Gasteiger partial charge in [-0.05, 0) is 40.8 Å². The van der Waals surface area contributed by atoms with E-state index in [0.717, 1.165) is 38.6 Å². The van der Waals surface area contributed by atoms with Gasteiger partial charge >= 0.3 is 0 Å². The lowest BCUT2D eigenvalue weighted by atomic mass is 9.88. The van der Waals surface area contributed by atoms with Crippen molar-refractivity contribution in [1.29, 1.82) is 0 Å². The van der Waals surface area contributed by atoms with Crippen LogP contribution in [0.4, 0.5) is 0 Å². The zero-order valence-corrected chi connectivity index (χ0v) is 22.2. The molecule has 2 aliphatic heterocycles. The Morgan fingerprint density at radius 2 is 1.80 bits per heavy atom. The van der Waals surface area contributed by atoms with Crippen LogP contribution < -0.4 is 5.32 Å². The lowest BCUT2D eigenvalue weighted by Crippen LogP contribution is -2.59. The summed E-state index contributed by atoms with van der Waals surface area (Å²) in [5.74, 6) is 0.865. The van der Waals surface area contributed by atoms with Gasteiger partial charge in [0, 0.05) is 58.5 Å². The average molecular weight is 562 g/mol. The van der Waals surface area contributed by atoms with Gasteiger partial charge in [-0.15, -0.1) is 24.0 Å². The van der Waals surface area contributed by atoms with E-state index < -0.39 is 10.0 Å². The van der Waals surface area contributed by atoms with E-state index in [2.05, 4.69) is 34.2 Å². The van der Waals surface area contributed by atoms with Crippen molar-refractivity contribution in [3.05, 3.63) is 0 Å². The smallest absolute Gasteiger partial charge is 0.216 e. The van der Waals surface area contributed by atoms with Crippen molar-refractivity contribution in [1.82, 2.24) is 19.4 Å². The molecule has 9 nitrogen and oxygen atoms in total. The first-order chi connectivity index (χ1) is 13.7. The second-order valence-electron chi connectivity index (χ2n) is 8.25. The van der Waals surface area contributed by atoms with Crippen molar-refractivity contribution in [3.63, 3.8) is 0 Å². The molecule has 0 bridgehead atoms. The number of hydrogen-bond acceptors (Lipinski definition) is 6. The Bertz CT molecular complexity index is 631. The third-order valence-corrected chi connectivity index (χ3v) is 7.72. The summed E-state index contributed by atoms with van der Waals surface area (Å²) in [5, 5.41) is 3.52. The molecule has 0 aromatic rings. The summed E-state index contributed by atoms with van der Waals surface area (Å²) in [6.45, 7) is 8.58. The van der Waals surface area contributed by atoms with Crippen molar-refractivity contribution >= 4 is 40.0 Å². The molecular weight excluding hydrogens is 521 g/mol. The van der Waals surface area contributed by atoms with Crippen molar-refractivity contribution < 1.29 is 17.9 Å². The van der Waals surface area contributed by atoms with Gasteiger partial charge in [0.25, 0.3) is 0 Å². The van der Waals surface area contributed by atoms with Crippen LogP contribution in [0, 0.1) is 0 Å². The number of halogens is 1. The first-order valence-electron chi connectivity index (χ1n) is 10.5. The Kier molecular flexibility index (Phi) is 11.8. The highest BCUT2D eigenvalue weighted by Gasteiger charge is 2.35. The first-order valence-corrected chi connectivity index (χ1v) is 12.1. The van der Waals surface area contributed by atoms with Crippen molar-refractivity contribution in [2.45, 2.75) is 38.3 Å². The lowest BCUT2D eigenvalue weighted by Gasteiger charge is -2.44. The molecule has 2 fully saturated rings. The summed E-state index contributed by atoms with van der Waals surface area (Å²) in [4.78, 5) is 8.85. The number of hydrogen-bond donors (Lipinski definition) is 1. The Morgan fingerprint density at radius 3 is 2.30 bits per heavy atom. The fourth-order valence-electron chi connectivity index (χ4n) is 3.81. The maximum absolute atomic E-state index is 12.5. The monoisotopic (exact) mass is 561 g/mol. The predicted octanol–water partition coefficient (Wildman–Crippen LogP) is 0.663. The molecule has 2 saturated heterocycles. The van der Waals surface area contributed by atoms with Crippen LogP contribution in [0.3, 0.4) is 0 Å². The van der Waals surface area contributed by atoms with Gasteiger partial charge in [-0.25, -0.2) is 8.42 Å². The molecule has 0 aliphatic carbocycles. The van der Waals surface area contributed by atoms with Gasteiger partial charge in [0.1, 0.15) is 0 Å². The molecule has 2 heterocycles. The zero-order valence-electron chi connectivity index (χ0n) is 19.1. The highest BCUT2D eigenvalue weighted by Crippen LogP contribution is 2.25. The van der Waals surface area contributed by atoms with Gasteiger partial charge in [0.15, 0.2) is 5.96 Å². The van der Waals surface area contributed by atoms with Gasteiger partial charge in [-0.1, -0.05) is 0 Å². The predicted molar refractivity (Wildman–Crippen MR) is 131 cm³/mol. The minimum atomic E-state index is -3.28. The molecule has 30 heavy (non-hydrogen) atoms. The summed E-state index contributed by atoms with van der Waals surface area (Å²) in [6.07, 6.45) is 2.00. The topological polar surface area (TPSA) is 86.7 Å². The molecule has 1 N–H and O–H groups in total. The lowest BCUT2D eigenvalue weighted by molar-refractivity contribution is -0.00530. The van der Waals surface area contributed by atoms with Crippen LogP contribution >= 0.6 is 24.0 Å². The highest BCUT2D eigenvalue weighted by molar-refractivity contribution is 14.0. The van der Waals surface area contributed by atoms with E-state index in [9.17, 15) is 8.42 Å². The highest BCUT2D eigenvalue weighted by atomic mass is 127. The number of aliphatic imine (C=N–C) groups is 1. The van der Waals surface area contributed by atoms with Gasteiger partial charge in [0.05, 0.1) is 18.5 Å². The Balaban J connectivity index is 0.00000450. The second kappa shape index (κ2) is 12.7. The number of nitrogens with zero attached hydrogens (tertiary/aromatic N) is 4. The van der Waals surface area contributed by atoms with Gasteiger partial charge in [0.2, 0.25) is 10.0 Å². The van der Waals surface area contributed by atoms with Crippen LogP contribution in [-0.4, -0.2) is 120 Å². The zero-order chi connectivity index (χ0) is 21.5. The van der Waals surface area contributed by atoms with Crippen molar-refractivity contribution in [2.24, 2.45) is 4.99 Å². The minimum absolute atomic E-state index is 0. The SMILES string of the molecule is CN=C(NCC1(N(C)C)CCOCC1)N1CCN(S(=O)(=O)CCOC(C)C)CC1.I. The van der Waals surface area contributed by atoms with Crippen LogP contribution in [0.5, 0.6) is 0 Å². The van der Waals surface area contributed by atoms with Crippen LogP contribution in [0.15, 0.2) is 4.99 Å². The summed E-state index contributed by atoms with van der Waals surface area (Å²) in [7, 11) is 2.72. The van der Waals surface area contributed by atoms with Gasteiger partial charge in [-0.3, -0.25) is 4.99 Å². The van der Waals surface area contributed by atoms with E-state index in [1.165, 1.54) is 0 Å². The Hall–Kier alpha value is -0.210. The standard InChI is InChI=1S/C19H39N5O4S.HI/c1-17(2)28-14-15-29(25,26)24-10-8-23(9-11-24)18(20-3)21-16-19(22(4)5)6-12-27-13-7-19;/h17H,6-16H2,1-5H3,(H,20,21);1H.